The van der Waals surface area contributed by atoms with Gasteiger partial charge in [0.2, 0.25) is 12.7 Å². The van der Waals surface area contributed by atoms with Crippen LogP contribution < -0.4 is 9.47 Å². The second kappa shape index (κ2) is 5.76. The molecule has 1 aliphatic carbocycles. The summed E-state index contributed by atoms with van der Waals surface area (Å²) in [5, 5.41) is 4.26. The maximum Gasteiger partial charge on any atom is 0.234 e. The molecule has 1 amide bonds. The third-order valence-electron chi connectivity index (χ3n) is 5.76. The predicted octanol–water partition coefficient (Wildman–Crippen LogP) is 3.36. The number of likely N-dealkylation sites (tertiary alicyclic amines) is 1. The van der Waals surface area contributed by atoms with Gasteiger partial charge < -0.3 is 18.9 Å². The normalized spacial score (nSPS) is 23.1. The minimum absolute atomic E-state index is 0.217. The molecule has 2 aromatic rings. The lowest BCUT2D eigenvalue weighted by atomic mass is 9.95. The van der Waals surface area contributed by atoms with Crippen molar-refractivity contribution in [2.45, 2.75) is 38.0 Å². The fourth-order valence-electron chi connectivity index (χ4n) is 4.07. The first-order valence-electron chi connectivity index (χ1n) is 9.32. The van der Waals surface area contributed by atoms with Crippen LogP contribution in [0.25, 0.3) is 11.3 Å². The maximum absolute atomic E-state index is 13.1. The van der Waals surface area contributed by atoms with Crippen LogP contribution in [0.1, 0.15) is 38.3 Å². The van der Waals surface area contributed by atoms with Gasteiger partial charge in [0.25, 0.3) is 0 Å². The average Bonchev–Trinajstić information content (AvgIpc) is 3.09. The van der Waals surface area contributed by atoms with E-state index in [1.807, 2.05) is 29.2 Å². The van der Waals surface area contributed by atoms with Gasteiger partial charge in [-0.25, -0.2) is 0 Å². The minimum Gasteiger partial charge on any atom is -0.454 e. The summed E-state index contributed by atoms with van der Waals surface area (Å²) in [5.74, 6) is 2.89. The van der Waals surface area contributed by atoms with Crippen molar-refractivity contribution in [3.8, 4) is 22.8 Å². The Morgan fingerprint density at radius 1 is 1.23 bits per heavy atom. The number of benzene rings is 1. The number of carbonyl (C=O) groups excluding carboxylic acids is 1. The van der Waals surface area contributed by atoms with Gasteiger partial charge in [0.15, 0.2) is 17.3 Å². The molecule has 3 aliphatic rings. The molecule has 136 valence electrons. The molecule has 1 aromatic carbocycles. The van der Waals surface area contributed by atoms with E-state index in [4.69, 9.17) is 14.0 Å². The molecule has 1 unspecified atom stereocenters. The third-order valence-corrected chi connectivity index (χ3v) is 5.76. The van der Waals surface area contributed by atoms with Crippen molar-refractivity contribution in [3.05, 3.63) is 30.0 Å². The SMILES string of the molecule is CC1CCCN(C(=O)C2(c3cc(-c4ccc5c(c4)OCO5)on3)CC2)C1. The van der Waals surface area contributed by atoms with Crippen LogP contribution in [-0.2, 0) is 10.2 Å². The van der Waals surface area contributed by atoms with E-state index in [-0.39, 0.29) is 12.7 Å². The van der Waals surface area contributed by atoms with Crippen LogP contribution >= 0.6 is 0 Å². The Hall–Kier alpha value is -2.50. The van der Waals surface area contributed by atoms with Crippen molar-refractivity contribution in [2.75, 3.05) is 19.9 Å². The molecule has 26 heavy (non-hydrogen) atoms. The van der Waals surface area contributed by atoms with E-state index >= 15 is 0 Å². The Morgan fingerprint density at radius 3 is 2.88 bits per heavy atom. The van der Waals surface area contributed by atoms with Crippen LogP contribution in [0.2, 0.25) is 0 Å². The number of nitrogens with zero attached hydrogens (tertiary/aromatic N) is 2. The van der Waals surface area contributed by atoms with Gasteiger partial charge in [-0.2, -0.15) is 0 Å². The topological polar surface area (TPSA) is 64.8 Å². The lowest BCUT2D eigenvalue weighted by Gasteiger charge is -2.33. The number of rotatable bonds is 3. The Morgan fingerprint density at radius 2 is 2.08 bits per heavy atom. The number of amides is 1. The van der Waals surface area contributed by atoms with Crippen LogP contribution in [0.15, 0.2) is 28.8 Å². The summed E-state index contributed by atoms with van der Waals surface area (Å²) in [6.07, 6.45) is 3.99. The Labute approximate surface area is 152 Å². The lowest BCUT2D eigenvalue weighted by Crippen LogP contribution is -2.44. The van der Waals surface area contributed by atoms with Crippen molar-refractivity contribution < 1.29 is 18.8 Å². The third kappa shape index (κ3) is 2.47. The highest BCUT2D eigenvalue weighted by Crippen LogP contribution is 2.50. The standard InChI is InChI=1S/C20H22N2O4/c1-13-3-2-8-22(11-13)19(23)20(6-7-20)18-10-16(26-21-18)14-4-5-15-17(9-14)25-12-24-15/h4-5,9-10,13H,2-3,6-8,11-12H2,1H3. The quantitative estimate of drug-likeness (QED) is 0.846. The van der Waals surface area contributed by atoms with E-state index < -0.39 is 5.41 Å². The zero-order chi connectivity index (χ0) is 17.7. The molecule has 0 spiro atoms. The van der Waals surface area contributed by atoms with Crippen LogP contribution in [0.5, 0.6) is 11.5 Å². The molecular formula is C20H22N2O4. The Bertz CT molecular complexity index is 855. The molecule has 0 bridgehead atoms. The average molecular weight is 354 g/mol. The van der Waals surface area contributed by atoms with Gasteiger partial charge in [-0.3, -0.25) is 4.79 Å². The number of piperidine rings is 1. The summed E-state index contributed by atoms with van der Waals surface area (Å²) in [6, 6.07) is 7.59. The summed E-state index contributed by atoms with van der Waals surface area (Å²) in [4.78, 5) is 15.2. The van der Waals surface area contributed by atoms with Gasteiger partial charge in [0.05, 0.1) is 11.1 Å². The first-order chi connectivity index (χ1) is 12.7. The Balaban J connectivity index is 1.40. The number of hydrogen-bond donors (Lipinski definition) is 0. The van der Waals surface area contributed by atoms with Gasteiger partial charge >= 0.3 is 0 Å². The van der Waals surface area contributed by atoms with E-state index in [0.717, 1.165) is 49.4 Å². The molecule has 0 radical (unpaired) electrons. The molecular weight excluding hydrogens is 332 g/mol. The van der Waals surface area contributed by atoms with E-state index in [0.29, 0.717) is 17.4 Å². The highest BCUT2D eigenvalue weighted by molar-refractivity contribution is 5.91. The van der Waals surface area contributed by atoms with E-state index in [9.17, 15) is 4.79 Å². The second-order valence-corrected chi connectivity index (χ2v) is 7.73. The van der Waals surface area contributed by atoms with Gasteiger partial charge in [0.1, 0.15) is 0 Å². The minimum atomic E-state index is -0.477. The number of fused-ring (bicyclic) bond motifs is 1. The zero-order valence-electron chi connectivity index (χ0n) is 14.9. The van der Waals surface area contributed by atoms with Gasteiger partial charge in [-0.15, -0.1) is 0 Å². The van der Waals surface area contributed by atoms with Crippen molar-refractivity contribution in [3.63, 3.8) is 0 Å². The van der Waals surface area contributed by atoms with Crippen LogP contribution in [0.4, 0.5) is 0 Å². The van der Waals surface area contributed by atoms with Gasteiger partial charge in [0, 0.05) is 24.7 Å². The molecule has 2 fully saturated rings. The van der Waals surface area contributed by atoms with E-state index in [1.165, 1.54) is 6.42 Å². The summed E-state index contributed by atoms with van der Waals surface area (Å²) in [6.45, 7) is 4.17. The largest absolute Gasteiger partial charge is 0.454 e. The van der Waals surface area contributed by atoms with Crippen LogP contribution in [0.3, 0.4) is 0 Å². The predicted molar refractivity (Wildman–Crippen MR) is 94.0 cm³/mol. The molecule has 2 aliphatic heterocycles. The highest BCUT2D eigenvalue weighted by atomic mass is 16.7. The zero-order valence-corrected chi connectivity index (χ0v) is 14.9. The molecule has 3 heterocycles. The summed E-state index contributed by atoms with van der Waals surface area (Å²) in [7, 11) is 0. The molecule has 1 saturated heterocycles. The fraction of sp³-hybridized carbons (Fsp3) is 0.500. The van der Waals surface area contributed by atoms with Crippen molar-refractivity contribution in [1.29, 1.82) is 0 Å². The molecule has 1 atom stereocenters. The number of aromatic nitrogens is 1. The van der Waals surface area contributed by atoms with Crippen LogP contribution in [0, 0.1) is 5.92 Å². The van der Waals surface area contributed by atoms with Crippen LogP contribution in [-0.4, -0.2) is 35.8 Å². The smallest absolute Gasteiger partial charge is 0.234 e. The Kier molecular flexibility index (Phi) is 3.48. The van der Waals surface area contributed by atoms with E-state index in [2.05, 4.69) is 12.1 Å². The van der Waals surface area contributed by atoms with Crippen molar-refractivity contribution >= 4 is 5.91 Å². The summed E-state index contributed by atoms with van der Waals surface area (Å²) >= 11 is 0. The van der Waals surface area contributed by atoms with Gasteiger partial charge in [-0.05, 0) is 49.8 Å². The molecule has 0 N–H and O–H groups in total. The molecule has 1 saturated carbocycles. The van der Waals surface area contributed by atoms with E-state index in [1.54, 1.807) is 0 Å². The summed E-state index contributed by atoms with van der Waals surface area (Å²) in [5.41, 5.74) is 1.16. The highest BCUT2D eigenvalue weighted by Gasteiger charge is 2.55. The van der Waals surface area contributed by atoms with Gasteiger partial charge in [-0.1, -0.05) is 12.1 Å². The second-order valence-electron chi connectivity index (χ2n) is 7.73. The molecule has 6 nitrogen and oxygen atoms in total. The number of hydrogen-bond acceptors (Lipinski definition) is 5. The summed E-state index contributed by atoms with van der Waals surface area (Å²) < 4.78 is 16.4. The lowest BCUT2D eigenvalue weighted by molar-refractivity contribution is -0.135. The monoisotopic (exact) mass is 354 g/mol. The number of carbonyl (C=O) groups is 1. The molecule has 5 rings (SSSR count). The maximum atomic E-state index is 13.1. The van der Waals surface area contributed by atoms with Crippen molar-refractivity contribution in [2.24, 2.45) is 5.92 Å². The first kappa shape index (κ1) is 15.7. The molecule has 1 aromatic heterocycles. The molecule has 6 heteroatoms. The number of ether oxygens (including phenoxy) is 2. The van der Waals surface area contributed by atoms with Crippen molar-refractivity contribution in [1.82, 2.24) is 10.1 Å². The first-order valence-corrected chi connectivity index (χ1v) is 9.32. The fourth-order valence-corrected chi connectivity index (χ4v) is 4.07.